The summed E-state index contributed by atoms with van der Waals surface area (Å²) in [5.74, 6) is -2.27. The number of aliphatic hydroxyl groups is 1. The first-order valence-corrected chi connectivity index (χ1v) is 7.40. The standard InChI is InChI=1S/C12H17F2NO4S/c1-8(5-6-19-2)15-20(17,18)11-4-3-10(13)9(7-16)12(11)14/h3-4,8,15-16H,5-7H2,1-2H3. The van der Waals surface area contributed by atoms with Crippen LogP contribution in [0, 0.1) is 11.6 Å². The van der Waals surface area contributed by atoms with Gasteiger partial charge in [0.25, 0.3) is 0 Å². The van der Waals surface area contributed by atoms with E-state index in [2.05, 4.69) is 4.72 Å². The van der Waals surface area contributed by atoms with Crippen LogP contribution in [0.25, 0.3) is 0 Å². The molecule has 1 aromatic rings. The van der Waals surface area contributed by atoms with Crippen LogP contribution in [-0.4, -0.2) is 33.3 Å². The summed E-state index contributed by atoms with van der Waals surface area (Å²) in [7, 11) is -2.65. The van der Waals surface area contributed by atoms with Crippen LogP contribution in [0.5, 0.6) is 0 Å². The van der Waals surface area contributed by atoms with Crippen molar-refractivity contribution < 1.29 is 27.0 Å². The smallest absolute Gasteiger partial charge is 0.243 e. The number of rotatable bonds is 7. The number of aliphatic hydroxyl groups excluding tert-OH is 1. The van der Waals surface area contributed by atoms with Crippen molar-refractivity contribution in [1.29, 1.82) is 0 Å². The van der Waals surface area contributed by atoms with E-state index >= 15 is 0 Å². The zero-order valence-corrected chi connectivity index (χ0v) is 12.0. The molecule has 114 valence electrons. The molecule has 1 aromatic carbocycles. The molecule has 0 fully saturated rings. The molecule has 2 N–H and O–H groups in total. The second-order valence-electron chi connectivity index (χ2n) is 4.30. The van der Waals surface area contributed by atoms with Gasteiger partial charge in [-0.2, -0.15) is 0 Å². The second-order valence-corrected chi connectivity index (χ2v) is 5.98. The Balaban J connectivity index is 3.04. The fraction of sp³-hybridized carbons (Fsp3) is 0.500. The molecule has 8 heteroatoms. The fourth-order valence-corrected chi connectivity index (χ4v) is 2.99. The molecule has 1 atom stereocenters. The van der Waals surface area contributed by atoms with Crippen molar-refractivity contribution in [3.05, 3.63) is 29.3 Å². The van der Waals surface area contributed by atoms with Gasteiger partial charge >= 0.3 is 0 Å². The van der Waals surface area contributed by atoms with E-state index in [4.69, 9.17) is 9.84 Å². The second kappa shape index (κ2) is 7.07. The Kier molecular flexibility index (Phi) is 6.00. The first kappa shape index (κ1) is 17.0. The van der Waals surface area contributed by atoms with Gasteiger partial charge in [0, 0.05) is 19.8 Å². The quantitative estimate of drug-likeness (QED) is 0.792. The topological polar surface area (TPSA) is 75.6 Å². The van der Waals surface area contributed by atoms with E-state index in [1.54, 1.807) is 6.92 Å². The van der Waals surface area contributed by atoms with Gasteiger partial charge in [-0.1, -0.05) is 0 Å². The van der Waals surface area contributed by atoms with Gasteiger partial charge in [0.05, 0.1) is 12.2 Å². The molecule has 0 bridgehead atoms. The lowest BCUT2D eigenvalue weighted by atomic mass is 10.2. The van der Waals surface area contributed by atoms with Crippen LogP contribution >= 0.6 is 0 Å². The van der Waals surface area contributed by atoms with Crippen LogP contribution in [0.2, 0.25) is 0 Å². The molecule has 0 spiro atoms. The van der Waals surface area contributed by atoms with Crippen LogP contribution in [0.1, 0.15) is 18.9 Å². The number of halogens is 2. The Hall–Kier alpha value is -1.09. The largest absolute Gasteiger partial charge is 0.391 e. The van der Waals surface area contributed by atoms with Crippen LogP contribution in [0.3, 0.4) is 0 Å². The van der Waals surface area contributed by atoms with Crippen molar-refractivity contribution in [3.8, 4) is 0 Å². The minimum Gasteiger partial charge on any atom is -0.391 e. The normalized spacial score (nSPS) is 13.4. The molecule has 5 nitrogen and oxygen atoms in total. The van der Waals surface area contributed by atoms with Gasteiger partial charge < -0.3 is 9.84 Å². The molecule has 1 rings (SSSR count). The number of sulfonamides is 1. The number of methoxy groups -OCH3 is 1. The highest BCUT2D eigenvalue weighted by molar-refractivity contribution is 7.89. The summed E-state index contributed by atoms with van der Waals surface area (Å²) in [5, 5.41) is 8.88. The first-order valence-electron chi connectivity index (χ1n) is 5.92. The highest BCUT2D eigenvalue weighted by Crippen LogP contribution is 2.21. The molecule has 20 heavy (non-hydrogen) atoms. The Morgan fingerprint density at radius 2 is 2.05 bits per heavy atom. The van der Waals surface area contributed by atoms with Crippen LogP contribution < -0.4 is 4.72 Å². The summed E-state index contributed by atoms with van der Waals surface area (Å²) in [4.78, 5) is -0.688. The summed E-state index contributed by atoms with van der Waals surface area (Å²) in [5.41, 5.74) is -0.669. The van der Waals surface area contributed by atoms with Gasteiger partial charge in [0.1, 0.15) is 10.7 Å². The van der Waals surface area contributed by atoms with Gasteiger partial charge in [-0.3, -0.25) is 0 Å². The minimum atomic E-state index is -4.13. The third kappa shape index (κ3) is 3.95. The average molecular weight is 309 g/mol. The molecular formula is C12H17F2NO4S. The van der Waals surface area contributed by atoms with Crippen molar-refractivity contribution in [3.63, 3.8) is 0 Å². The van der Waals surface area contributed by atoms with Gasteiger partial charge in [-0.15, -0.1) is 0 Å². The summed E-state index contributed by atoms with van der Waals surface area (Å²) < 4.78 is 58.2. The van der Waals surface area contributed by atoms with Gasteiger partial charge in [-0.25, -0.2) is 21.9 Å². The molecule has 0 saturated carbocycles. The third-order valence-corrected chi connectivity index (χ3v) is 4.32. The van der Waals surface area contributed by atoms with Crippen molar-refractivity contribution in [1.82, 2.24) is 4.72 Å². The molecule has 0 heterocycles. The van der Waals surface area contributed by atoms with E-state index in [-0.39, 0.29) is 0 Å². The Labute approximate surface area is 116 Å². The maximum atomic E-state index is 13.9. The summed E-state index contributed by atoms with van der Waals surface area (Å²) in [6.45, 7) is 1.03. The van der Waals surface area contributed by atoms with E-state index < -0.39 is 44.8 Å². The molecule has 0 saturated heterocycles. The van der Waals surface area contributed by atoms with E-state index in [1.807, 2.05) is 0 Å². The number of hydrogen-bond donors (Lipinski definition) is 2. The number of nitrogens with one attached hydrogen (secondary N) is 1. The number of hydrogen-bond acceptors (Lipinski definition) is 4. The lowest BCUT2D eigenvalue weighted by molar-refractivity contribution is 0.188. The lowest BCUT2D eigenvalue weighted by Gasteiger charge is -2.15. The lowest BCUT2D eigenvalue weighted by Crippen LogP contribution is -2.34. The van der Waals surface area contributed by atoms with E-state index in [0.717, 1.165) is 12.1 Å². The van der Waals surface area contributed by atoms with Crippen molar-refractivity contribution >= 4 is 10.0 Å². The molecule has 0 aliphatic rings. The van der Waals surface area contributed by atoms with Crippen LogP contribution in [0.15, 0.2) is 17.0 Å². The van der Waals surface area contributed by atoms with Crippen molar-refractivity contribution in [2.24, 2.45) is 0 Å². The SMILES string of the molecule is COCCC(C)NS(=O)(=O)c1ccc(F)c(CO)c1F. The maximum Gasteiger partial charge on any atom is 0.243 e. The molecule has 0 aromatic heterocycles. The molecule has 0 aliphatic heterocycles. The monoisotopic (exact) mass is 309 g/mol. The zero-order chi connectivity index (χ0) is 15.3. The van der Waals surface area contributed by atoms with Crippen molar-refractivity contribution in [2.75, 3.05) is 13.7 Å². The molecular weight excluding hydrogens is 292 g/mol. The number of ether oxygens (including phenoxy) is 1. The molecule has 0 amide bonds. The van der Waals surface area contributed by atoms with E-state index in [0.29, 0.717) is 13.0 Å². The van der Waals surface area contributed by atoms with Gasteiger partial charge in [0.2, 0.25) is 10.0 Å². The predicted molar refractivity (Wildman–Crippen MR) is 68.6 cm³/mol. The summed E-state index contributed by atoms with van der Waals surface area (Å²) in [6.07, 6.45) is 0.408. The Morgan fingerprint density at radius 3 is 2.60 bits per heavy atom. The minimum absolute atomic E-state index is 0.345. The van der Waals surface area contributed by atoms with Crippen LogP contribution in [-0.2, 0) is 21.4 Å². The first-order chi connectivity index (χ1) is 9.33. The third-order valence-electron chi connectivity index (χ3n) is 2.71. The molecule has 1 unspecified atom stereocenters. The zero-order valence-electron chi connectivity index (χ0n) is 11.2. The van der Waals surface area contributed by atoms with Crippen LogP contribution in [0.4, 0.5) is 8.78 Å². The summed E-state index contributed by atoms with van der Waals surface area (Å²) in [6, 6.07) is 1.17. The Morgan fingerprint density at radius 1 is 1.40 bits per heavy atom. The van der Waals surface area contributed by atoms with E-state index in [1.165, 1.54) is 7.11 Å². The fourth-order valence-electron chi connectivity index (χ4n) is 1.61. The van der Waals surface area contributed by atoms with Gasteiger partial charge in [0.15, 0.2) is 5.82 Å². The van der Waals surface area contributed by atoms with E-state index in [9.17, 15) is 17.2 Å². The molecule has 0 radical (unpaired) electrons. The van der Waals surface area contributed by atoms with Crippen molar-refractivity contribution in [2.45, 2.75) is 30.9 Å². The van der Waals surface area contributed by atoms with Gasteiger partial charge in [-0.05, 0) is 25.5 Å². The highest BCUT2D eigenvalue weighted by Gasteiger charge is 2.24. The number of benzene rings is 1. The summed E-state index contributed by atoms with van der Waals surface area (Å²) >= 11 is 0. The highest BCUT2D eigenvalue weighted by atomic mass is 32.2. The Bertz CT molecular complexity index is 563. The maximum absolute atomic E-state index is 13.9. The average Bonchev–Trinajstić information content (AvgIpc) is 2.36. The molecule has 0 aliphatic carbocycles. The predicted octanol–water partition coefficient (Wildman–Crippen LogP) is 1.16.